The summed E-state index contributed by atoms with van der Waals surface area (Å²) in [5.41, 5.74) is 1.18. The molecular formula is C29H27FN6O5. The van der Waals surface area contributed by atoms with Crippen LogP contribution in [0.2, 0.25) is 0 Å². The summed E-state index contributed by atoms with van der Waals surface area (Å²) in [4.78, 5) is 35.5. The van der Waals surface area contributed by atoms with Crippen molar-refractivity contribution in [2.45, 2.75) is 0 Å². The minimum Gasteiger partial charge on any atom is -0.481 e. The summed E-state index contributed by atoms with van der Waals surface area (Å²) in [7, 11) is 1.46. The molecule has 0 aliphatic carbocycles. The van der Waals surface area contributed by atoms with E-state index >= 15 is 4.39 Å². The quantitative estimate of drug-likeness (QED) is 0.267. The van der Waals surface area contributed by atoms with Crippen LogP contribution in [0.15, 0.2) is 79.0 Å². The lowest BCUT2D eigenvalue weighted by Crippen LogP contribution is -2.43. The lowest BCUT2D eigenvalue weighted by molar-refractivity contribution is 0.0564. The maximum absolute atomic E-state index is 15.1. The molecule has 0 unspecified atom stereocenters. The van der Waals surface area contributed by atoms with Crippen molar-refractivity contribution in [3.63, 3.8) is 0 Å². The Labute approximate surface area is 235 Å². The fraction of sp³-hybridized carbons (Fsp3) is 0.172. The van der Waals surface area contributed by atoms with E-state index in [-0.39, 0.29) is 40.6 Å². The van der Waals surface area contributed by atoms with Crippen LogP contribution >= 0.6 is 0 Å². The Hall–Kier alpha value is -5.23. The second-order valence-electron chi connectivity index (χ2n) is 8.85. The zero-order valence-electron chi connectivity index (χ0n) is 22.1. The van der Waals surface area contributed by atoms with E-state index in [4.69, 9.17) is 14.2 Å². The molecule has 41 heavy (non-hydrogen) atoms. The number of hydrogen-bond acceptors (Lipinski definition) is 8. The molecule has 0 atom stereocenters. The van der Waals surface area contributed by atoms with Gasteiger partial charge in [0, 0.05) is 48.9 Å². The number of nitrogens with one attached hydrogen (secondary N) is 3. The van der Waals surface area contributed by atoms with Gasteiger partial charge in [-0.2, -0.15) is 4.98 Å². The van der Waals surface area contributed by atoms with Gasteiger partial charge in [-0.25, -0.2) is 14.2 Å². The number of urea groups is 1. The van der Waals surface area contributed by atoms with Crippen molar-refractivity contribution < 1.29 is 28.2 Å². The van der Waals surface area contributed by atoms with Crippen LogP contribution in [0.4, 0.5) is 32.2 Å². The summed E-state index contributed by atoms with van der Waals surface area (Å²) in [6.45, 7) is 1.92. The standard InChI is InChI=1S/C29H27FN6O5/c1-39-26-10-8-22(28(37)33-19-5-3-2-4-6-19)27(35-26)32-20-7-9-24(23(30)17-20)41-21-11-12-31-25(18-21)34-29(38)36-13-15-40-16-14-36/h2-12,17-18H,13-16H2,1H3,(H,32,35)(H,33,37)(H,31,34,38). The van der Waals surface area contributed by atoms with Crippen molar-refractivity contribution >= 4 is 34.9 Å². The van der Waals surface area contributed by atoms with Gasteiger partial charge in [0.25, 0.3) is 5.91 Å². The number of hydrogen-bond donors (Lipinski definition) is 3. The number of nitrogens with zero attached hydrogens (tertiary/aromatic N) is 3. The third-order valence-electron chi connectivity index (χ3n) is 6.04. The van der Waals surface area contributed by atoms with Gasteiger partial charge in [0.2, 0.25) is 5.88 Å². The summed E-state index contributed by atoms with van der Waals surface area (Å²) in [6, 6.07) is 19.1. The van der Waals surface area contributed by atoms with E-state index in [0.717, 1.165) is 0 Å². The number of halogens is 1. The van der Waals surface area contributed by atoms with E-state index in [1.54, 1.807) is 41.3 Å². The number of anilines is 4. The van der Waals surface area contributed by atoms with Crippen molar-refractivity contribution in [2.24, 2.45) is 0 Å². The van der Waals surface area contributed by atoms with Gasteiger partial charge in [-0.05, 0) is 36.4 Å². The van der Waals surface area contributed by atoms with E-state index in [1.807, 2.05) is 18.2 Å². The number of pyridine rings is 2. The number of aromatic nitrogens is 2. The van der Waals surface area contributed by atoms with Gasteiger partial charge in [0.05, 0.1) is 25.9 Å². The second-order valence-corrected chi connectivity index (χ2v) is 8.85. The molecule has 4 aromatic rings. The zero-order valence-corrected chi connectivity index (χ0v) is 22.1. The van der Waals surface area contributed by atoms with Crippen molar-refractivity contribution in [3.8, 4) is 17.4 Å². The Morgan fingerprint density at radius 3 is 2.51 bits per heavy atom. The highest BCUT2D eigenvalue weighted by atomic mass is 19.1. The molecule has 0 bridgehead atoms. The molecule has 1 fully saturated rings. The van der Waals surface area contributed by atoms with E-state index in [0.29, 0.717) is 37.7 Å². The van der Waals surface area contributed by atoms with Gasteiger partial charge in [-0.15, -0.1) is 0 Å². The maximum atomic E-state index is 15.1. The lowest BCUT2D eigenvalue weighted by atomic mass is 10.2. The van der Waals surface area contributed by atoms with Gasteiger partial charge in [0.15, 0.2) is 11.6 Å². The number of amides is 3. The molecule has 11 nitrogen and oxygen atoms in total. The molecule has 1 aliphatic rings. The van der Waals surface area contributed by atoms with E-state index in [9.17, 15) is 9.59 Å². The Morgan fingerprint density at radius 2 is 1.76 bits per heavy atom. The number of ether oxygens (including phenoxy) is 3. The largest absolute Gasteiger partial charge is 0.481 e. The van der Waals surface area contributed by atoms with Gasteiger partial charge < -0.3 is 29.7 Å². The normalized spacial score (nSPS) is 12.8. The minimum absolute atomic E-state index is 0.0483. The first-order valence-electron chi connectivity index (χ1n) is 12.7. The highest BCUT2D eigenvalue weighted by Gasteiger charge is 2.18. The number of methoxy groups -OCH3 is 1. The third kappa shape index (κ3) is 7.05. The van der Waals surface area contributed by atoms with Crippen LogP contribution < -0.4 is 25.4 Å². The Balaban J connectivity index is 1.29. The van der Waals surface area contributed by atoms with Crippen molar-refractivity contribution in [1.82, 2.24) is 14.9 Å². The summed E-state index contributed by atoms with van der Waals surface area (Å²) in [6.07, 6.45) is 1.45. The molecule has 2 aromatic carbocycles. The fourth-order valence-electron chi connectivity index (χ4n) is 3.98. The van der Waals surface area contributed by atoms with Crippen LogP contribution in [0, 0.1) is 5.82 Å². The highest BCUT2D eigenvalue weighted by molar-refractivity contribution is 6.07. The topological polar surface area (TPSA) is 127 Å². The van der Waals surface area contributed by atoms with Crippen LogP contribution in [0.25, 0.3) is 0 Å². The average molecular weight is 559 g/mol. The average Bonchev–Trinajstić information content (AvgIpc) is 2.99. The van der Waals surface area contributed by atoms with Crippen molar-refractivity contribution in [1.29, 1.82) is 0 Å². The van der Waals surface area contributed by atoms with Crippen molar-refractivity contribution in [3.05, 3.63) is 90.4 Å². The predicted molar refractivity (Wildman–Crippen MR) is 151 cm³/mol. The van der Waals surface area contributed by atoms with E-state index in [1.165, 1.54) is 31.5 Å². The molecule has 1 saturated heterocycles. The van der Waals surface area contributed by atoms with Gasteiger partial charge in [-0.1, -0.05) is 18.2 Å². The predicted octanol–water partition coefficient (Wildman–Crippen LogP) is 5.28. The van der Waals surface area contributed by atoms with Crippen LogP contribution in [-0.2, 0) is 4.74 Å². The first kappa shape index (κ1) is 27.3. The van der Waals surface area contributed by atoms with E-state index in [2.05, 4.69) is 25.9 Å². The highest BCUT2D eigenvalue weighted by Crippen LogP contribution is 2.30. The number of para-hydroxylation sites is 1. The molecule has 3 heterocycles. The lowest BCUT2D eigenvalue weighted by Gasteiger charge is -2.26. The van der Waals surface area contributed by atoms with Crippen LogP contribution in [-0.4, -0.2) is 60.2 Å². The van der Waals surface area contributed by atoms with Crippen LogP contribution in [0.5, 0.6) is 17.4 Å². The van der Waals surface area contributed by atoms with Gasteiger partial charge in [-0.3, -0.25) is 10.1 Å². The molecule has 5 rings (SSSR count). The number of morpholine rings is 1. The Bertz CT molecular complexity index is 1530. The molecule has 2 aromatic heterocycles. The zero-order chi connectivity index (χ0) is 28.6. The number of carbonyl (C=O) groups excluding carboxylic acids is 2. The fourth-order valence-corrected chi connectivity index (χ4v) is 3.98. The van der Waals surface area contributed by atoms with Gasteiger partial charge in [0.1, 0.15) is 17.4 Å². The van der Waals surface area contributed by atoms with Crippen molar-refractivity contribution in [2.75, 3.05) is 49.4 Å². The van der Waals surface area contributed by atoms with Crippen LogP contribution in [0.3, 0.4) is 0 Å². The van der Waals surface area contributed by atoms with E-state index < -0.39 is 11.7 Å². The Kier molecular flexibility index (Phi) is 8.50. The summed E-state index contributed by atoms with van der Waals surface area (Å²) in [5, 5.41) is 8.51. The monoisotopic (exact) mass is 558 g/mol. The third-order valence-corrected chi connectivity index (χ3v) is 6.04. The molecule has 1 aliphatic heterocycles. The Morgan fingerprint density at radius 1 is 0.951 bits per heavy atom. The molecule has 3 amide bonds. The summed E-state index contributed by atoms with van der Waals surface area (Å²) in [5.74, 6) is -0.103. The summed E-state index contributed by atoms with van der Waals surface area (Å²) >= 11 is 0. The SMILES string of the molecule is COc1ccc(C(=O)Nc2ccccc2)c(Nc2ccc(Oc3ccnc(NC(=O)N4CCOCC4)c3)c(F)c2)n1. The maximum Gasteiger partial charge on any atom is 0.323 e. The molecule has 0 radical (unpaired) electrons. The summed E-state index contributed by atoms with van der Waals surface area (Å²) < 4.78 is 31.3. The second kappa shape index (κ2) is 12.7. The molecule has 0 spiro atoms. The number of rotatable bonds is 8. The molecule has 210 valence electrons. The first-order valence-corrected chi connectivity index (χ1v) is 12.7. The number of benzene rings is 2. The van der Waals surface area contributed by atoms with Gasteiger partial charge >= 0.3 is 6.03 Å². The molecular weight excluding hydrogens is 531 g/mol. The van der Waals surface area contributed by atoms with Crippen LogP contribution in [0.1, 0.15) is 10.4 Å². The smallest absolute Gasteiger partial charge is 0.323 e. The first-order chi connectivity index (χ1) is 20.0. The molecule has 3 N–H and O–H groups in total. The number of carbonyl (C=O) groups is 2. The molecule has 12 heteroatoms. The minimum atomic E-state index is -0.663. The molecule has 0 saturated carbocycles.